The molecule has 0 fully saturated rings. The molecule has 0 aliphatic heterocycles. The zero-order chi connectivity index (χ0) is 18.1. The van der Waals surface area contributed by atoms with Crippen molar-refractivity contribution < 1.29 is 4.79 Å². The smallest absolute Gasteiger partial charge is 0.276 e. The minimum absolute atomic E-state index is 0.269. The number of hydrogen-bond donors (Lipinski definition) is 1. The maximum Gasteiger partial charge on any atom is 0.276 e. The van der Waals surface area contributed by atoms with Gasteiger partial charge in [-0.25, -0.2) is 4.68 Å². The van der Waals surface area contributed by atoms with Gasteiger partial charge in [0.15, 0.2) is 5.69 Å². The Bertz CT molecular complexity index is 1100. The number of carbonyl (C=O) groups is 1. The normalized spacial score (nSPS) is 10.8. The Balaban J connectivity index is 1.78. The predicted molar refractivity (Wildman–Crippen MR) is 105 cm³/mol. The summed E-state index contributed by atoms with van der Waals surface area (Å²) in [5.74, 6) is -0.269. The topological polar surface area (TPSA) is 46.9 Å². The highest BCUT2D eigenvalue weighted by molar-refractivity contribution is 6.31. The van der Waals surface area contributed by atoms with Gasteiger partial charge in [-0.1, -0.05) is 53.6 Å². The van der Waals surface area contributed by atoms with Crippen molar-refractivity contribution in [2.45, 2.75) is 6.92 Å². The van der Waals surface area contributed by atoms with Crippen LogP contribution in [0.4, 0.5) is 5.69 Å². The quantitative estimate of drug-likeness (QED) is 0.542. The van der Waals surface area contributed by atoms with Crippen LogP contribution in [0.3, 0.4) is 0 Å². The summed E-state index contributed by atoms with van der Waals surface area (Å²) in [6.45, 7) is 2.04. The molecule has 1 heterocycles. The molecule has 0 radical (unpaired) electrons. The number of anilines is 1. The molecule has 128 valence electrons. The van der Waals surface area contributed by atoms with Crippen molar-refractivity contribution in [2.75, 3.05) is 5.32 Å². The summed E-state index contributed by atoms with van der Waals surface area (Å²) in [5, 5.41) is 8.81. The second kappa shape index (κ2) is 6.65. The standard InChI is InChI=1S/C21H16ClN3O/c1-14-9-11-17(12-10-14)25-19-8-3-2-7-18(19)20(24-25)21(26)23-16-6-4-5-15(22)13-16/h2-13H,1H3,(H,23,26). The highest BCUT2D eigenvalue weighted by atomic mass is 35.5. The van der Waals surface area contributed by atoms with Crippen LogP contribution in [0.15, 0.2) is 72.8 Å². The van der Waals surface area contributed by atoms with Crippen molar-refractivity contribution in [3.05, 3.63) is 89.1 Å². The number of para-hydroxylation sites is 1. The summed E-state index contributed by atoms with van der Waals surface area (Å²) >= 11 is 6.00. The number of halogens is 1. The first-order valence-corrected chi connectivity index (χ1v) is 8.61. The number of benzene rings is 3. The van der Waals surface area contributed by atoms with Gasteiger partial charge in [-0.05, 0) is 43.3 Å². The molecular weight excluding hydrogens is 346 g/mol. The lowest BCUT2D eigenvalue weighted by Gasteiger charge is -2.04. The number of aryl methyl sites for hydroxylation is 1. The molecule has 0 atom stereocenters. The summed E-state index contributed by atoms with van der Waals surface area (Å²) < 4.78 is 1.79. The lowest BCUT2D eigenvalue weighted by molar-refractivity contribution is 0.102. The number of fused-ring (bicyclic) bond motifs is 1. The van der Waals surface area contributed by atoms with E-state index in [1.54, 1.807) is 28.9 Å². The Morgan fingerprint density at radius 2 is 1.77 bits per heavy atom. The summed E-state index contributed by atoms with van der Waals surface area (Å²) in [6, 6.07) is 22.8. The molecule has 1 aromatic heterocycles. The monoisotopic (exact) mass is 361 g/mol. The van der Waals surface area contributed by atoms with E-state index in [9.17, 15) is 4.79 Å². The van der Waals surface area contributed by atoms with Gasteiger partial charge in [-0.2, -0.15) is 5.10 Å². The van der Waals surface area contributed by atoms with E-state index in [1.165, 1.54) is 5.56 Å². The Hall–Kier alpha value is -3.11. The Morgan fingerprint density at radius 3 is 2.54 bits per heavy atom. The Kier molecular flexibility index (Phi) is 4.19. The van der Waals surface area contributed by atoms with Crippen molar-refractivity contribution in [3.8, 4) is 5.69 Å². The fourth-order valence-corrected chi connectivity index (χ4v) is 3.06. The molecule has 0 saturated carbocycles. The zero-order valence-corrected chi connectivity index (χ0v) is 14.9. The van der Waals surface area contributed by atoms with Crippen molar-refractivity contribution in [1.29, 1.82) is 0 Å². The summed E-state index contributed by atoms with van der Waals surface area (Å²) in [4.78, 5) is 12.8. The van der Waals surface area contributed by atoms with Crippen LogP contribution in [0, 0.1) is 6.92 Å². The van der Waals surface area contributed by atoms with E-state index >= 15 is 0 Å². The first-order chi connectivity index (χ1) is 12.6. The largest absolute Gasteiger partial charge is 0.321 e. The van der Waals surface area contributed by atoms with E-state index in [4.69, 9.17) is 11.6 Å². The average Bonchev–Trinajstić information content (AvgIpc) is 3.02. The molecule has 0 aliphatic carbocycles. The van der Waals surface area contributed by atoms with Crippen LogP contribution in [0.2, 0.25) is 5.02 Å². The van der Waals surface area contributed by atoms with E-state index in [0.29, 0.717) is 16.4 Å². The second-order valence-corrected chi connectivity index (χ2v) is 6.51. The highest BCUT2D eigenvalue weighted by Crippen LogP contribution is 2.24. The molecule has 5 heteroatoms. The molecule has 4 aromatic rings. The summed E-state index contributed by atoms with van der Waals surface area (Å²) in [5.41, 5.74) is 3.97. The number of rotatable bonds is 3. The lowest BCUT2D eigenvalue weighted by Crippen LogP contribution is -2.13. The van der Waals surface area contributed by atoms with Crippen LogP contribution in [0.25, 0.3) is 16.6 Å². The number of nitrogens with zero attached hydrogens (tertiary/aromatic N) is 2. The Labute approximate surface area is 156 Å². The van der Waals surface area contributed by atoms with Gasteiger partial charge in [0.2, 0.25) is 0 Å². The van der Waals surface area contributed by atoms with Gasteiger partial charge in [0.1, 0.15) is 0 Å². The summed E-state index contributed by atoms with van der Waals surface area (Å²) in [6.07, 6.45) is 0. The molecule has 0 aliphatic rings. The third kappa shape index (κ3) is 3.07. The maximum absolute atomic E-state index is 12.8. The van der Waals surface area contributed by atoms with E-state index in [1.807, 2.05) is 55.5 Å². The van der Waals surface area contributed by atoms with Crippen molar-refractivity contribution in [1.82, 2.24) is 9.78 Å². The van der Waals surface area contributed by atoms with E-state index in [2.05, 4.69) is 10.4 Å². The SMILES string of the molecule is Cc1ccc(-n2nc(C(=O)Nc3cccc(Cl)c3)c3ccccc32)cc1. The first kappa shape index (κ1) is 16.4. The van der Waals surface area contributed by atoms with Crippen LogP contribution in [0.5, 0.6) is 0 Å². The van der Waals surface area contributed by atoms with Crippen LogP contribution < -0.4 is 5.32 Å². The predicted octanol–water partition coefficient (Wildman–Crippen LogP) is 5.24. The number of carbonyl (C=O) groups excluding carboxylic acids is 1. The third-order valence-electron chi connectivity index (χ3n) is 4.16. The second-order valence-electron chi connectivity index (χ2n) is 6.08. The molecule has 1 N–H and O–H groups in total. The third-order valence-corrected chi connectivity index (χ3v) is 4.40. The molecule has 0 bridgehead atoms. The molecule has 4 rings (SSSR count). The van der Waals surface area contributed by atoms with Crippen molar-refractivity contribution in [3.63, 3.8) is 0 Å². The molecule has 4 nitrogen and oxygen atoms in total. The minimum Gasteiger partial charge on any atom is -0.321 e. The van der Waals surface area contributed by atoms with Crippen molar-refractivity contribution in [2.24, 2.45) is 0 Å². The molecule has 3 aromatic carbocycles. The molecule has 0 spiro atoms. The van der Waals surface area contributed by atoms with E-state index < -0.39 is 0 Å². The van der Waals surface area contributed by atoms with Gasteiger partial charge in [0.05, 0.1) is 11.2 Å². The molecule has 1 amide bonds. The van der Waals surface area contributed by atoms with Gasteiger partial charge in [-0.15, -0.1) is 0 Å². The molecule has 0 saturated heterocycles. The average molecular weight is 362 g/mol. The van der Waals surface area contributed by atoms with Crippen molar-refractivity contribution >= 4 is 34.1 Å². The minimum atomic E-state index is -0.269. The first-order valence-electron chi connectivity index (χ1n) is 8.23. The Morgan fingerprint density at radius 1 is 1.00 bits per heavy atom. The van der Waals surface area contributed by atoms with Gasteiger partial charge in [-0.3, -0.25) is 4.79 Å². The lowest BCUT2D eigenvalue weighted by atomic mass is 10.2. The number of hydrogen-bond acceptors (Lipinski definition) is 2. The highest BCUT2D eigenvalue weighted by Gasteiger charge is 2.18. The van der Waals surface area contributed by atoms with Crippen LogP contribution in [-0.4, -0.2) is 15.7 Å². The number of nitrogens with one attached hydrogen (secondary N) is 1. The fourth-order valence-electron chi connectivity index (χ4n) is 2.87. The van der Waals surface area contributed by atoms with Gasteiger partial charge in [0, 0.05) is 16.1 Å². The van der Waals surface area contributed by atoms with Crippen LogP contribution >= 0.6 is 11.6 Å². The van der Waals surface area contributed by atoms with Gasteiger partial charge in [0.25, 0.3) is 5.91 Å². The molecule has 0 unspecified atom stereocenters. The summed E-state index contributed by atoms with van der Waals surface area (Å²) in [7, 11) is 0. The van der Waals surface area contributed by atoms with Gasteiger partial charge < -0.3 is 5.32 Å². The van der Waals surface area contributed by atoms with Gasteiger partial charge >= 0.3 is 0 Å². The molecule has 26 heavy (non-hydrogen) atoms. The van der Waals surface area contributed by atoms with E-state index in [-0.39, 0.29) is 5.91 Å². The zero-order valence-electron chi connectivity index (χ0n) is 14.1. The number of amides is 1. The van der Waals surface area contributed by atoms with Crippen LogP contribution in [0.1, 0.15) is 16.1 Å². The van der Waals surface area contributed by atoms with E-state index in [0.717, 1.165) is 16.6 Å². The van der Waals surface area contributed by atoms with Crippen LogP contribution in [-0.2, 0) is 0 Å². The number of aromatic nitrogens is 2. The fraction of sp³-hybridized carbons (Fsp3) is 0.0476. The molecular formula is C21H16ClN3O. The maximum atomic E-state index is 12.8.